The van der Waals surface area contributed by atoms with Crippen LogP contribution in [-0.4, -0.2) is 30.1 Å². The summed E-state index contributed by atoms with van der Waals surface area (Å²) in [5.74, 6) is -0.362. The number of imide groups is 1. The van der Waals surface area contributed by atoms with Crippen LogP contribution in [0.1, 0.15) is 30.9 Å². The highest BCUT2D eigenvalue weighted by molar-refractivity contribution is 5.94. The maximum atomic E-state index is 12.2. The summed E-state index contributed by atoms with van der Waals surface area (Å²) < 4.78 is 11.2. The van der Waals surface area contributed by atoms with Gasteiger partial charge in [-0.25, -0.2) is 9.69 Å². The molecule has 0 spiro atoms. The number of amides is 3. The minimum absolute atomic E-state index is 0.362. The fraction of sp³-hybridized carbons (Fsp3) is 0.280. The van der Waals surface area contributed by atoms with Crippen LogP contribution in [0.5, 0.6) is 0 Å². The van der Waals surface area contributed by atoms with Gasteiger partial charge >= 0.3 is 6.03 Å². The van der Waals surface area contributed by atoms with Crippen LogP contribution in [0, 0.1) is 0 Å². The number of urea groups is 1. The highest BCUT2D eigenvalue weighted by Gasteiger charge is 2.13. The first-order valence-electron chi connectivity index (χ1n) is 10.3. The molecule has 164 valence electrons. The summed E-state index contributed by atoms with van der Waals surface area (Å²) in [6.45, 7) is 3.48. The van der Waals surface area contributed by atoms with Crippen molar-refractivity contribution in [2.45, 2.75) is 33.0 Å². The van der Waals surface area contributed by atoms with E-state index in [0.29, 0.717) is 39.3 Å². The zero-order valence-corrected chi connectivity index (χ0v) is 17.9. The van der Waals surface area contributed by atoms with Gasteiger partial charge in [-0.05, 0) is 24.0 Å². The van der Waals surface area contributed by atoms with Gasteiger partial charge in [-0.15, -0.1) is 0 Å². The largest absolute Gasteiger partial charge is 0.376 e. The summed E-state index contributed by atoms with van der Waals surface area (Å²) in [5.41, 5.74) is 2.22. The number of benzene rings is 2. The van der Waals surface area contributed by atoms with Gasteiger partial charge in [-0.3, -0.25) is 4.79 Å². The van der Waals surface area contributed by atoms with E-state index >= 15 is 0 Å². The highest BCUT2D eigenvalue weighted by Crippen LogP contribution is 2.02. The van der Waals surface area contributed by atoms with Crippen LogP contribution in [0.25, 0.3) is 0 Å². The molecule has 3 amide bonds. The van der Waals surface area contributed by atoms with Crippen LogP contribution in [0.4, 0.5) is 4.79 Å². The second kappa shape index (κ2) is 14.7. The zero-order chi connectivity index (χ0) is 22.2. The van der Waals surface area contributed by atoms with Crippen LogP contribution in [0.15, 0.2) is 85.2 Å². The van der Waals surface area contributed by atoms with Crippen molar-refractivity contribution in [1.82, 2.24) is 10.2 Å². The molecule has 6 nitrogen and oxygen atoms in total. The van der Waals surface area contributed by atoms with Crippen LogP contribution < -0.4 is 5.32 Å². The van der Waals surface area contributed by atoms with Crippen molar-refractivity contribution in [3.63, 3.8) is 0 Å². The first kappa shape index (κ1) is 24.1. The average molecular weight is 423 g/mol. The molecule has 0 atom stereocenters. The van der Waals surface area contributed by atoms with Crippen molar-refractivity contribution < 1.29 is 19.1 Å². The SMILES string of the molecule is CC(=O)N(/C=C\CCOCc1ccccc1)C(=O)N/C=C\CCOCc1ccccc1. The smallest absolute Gasteiger partial charge is 0.332 e. The topological polar surface area (TPSA) is 67.9 Å². The Labute approximate surface area is 184 Å². The van der Waals surface area contributed by atoms with Gasteiger partial charge in [0.05, 0.1) is 26.4 Å². The molecule has 2 aromatic carbocycles. The third-order valence-electron chi connectivity index (χ3n) is 4.22. The highest BCUT2D eigenvalue weighted by atomic mass is 16.5. The van der Waals surface area contributed by atoms with E-state index < -0.39 is 6.03 Å². The molecule has 0 unspecified atom stereocenters. The second-order valence-electron chi connectivity index (χ2n) is 6.78. The molecule has 1 N–H and O–H groups in total. The monoisotopic (exact) mass is 422 g/mol. The van der Waals surface area contributed by atoms with Crippen LogP contribution in [0.3, 0.4) is 0 Å². The molecule has 2 rings (SSSR count). The third-order valence-corrected chi connectivity index (χ3v) is 4.22. The molecule has 0 aliphatic heterocycles. The van der Waals surface area contributed by atoms with Crippen molar-refractivity contribution in [2.75, 3.05) is 13.2 Å². The number of hydrogen-bond donors (Lipinski definition) is 1. The lowest BCUT2D eigenvalue weighted by atomic mass is 10.2. The molecule has 0 radical (unpaired) electrons. The normalized spacial score (nSPS) is 11.1. The Morgan fingerprint density at radius 1 is 0.839 bits per heavy atom. The molecule has 0 saturated heterocycles. The predicted molar refractivity (Wildman–Crippen MR) is 121 cm³/mol. The number of carbonyl (C=O) groups is 2. The summed E-state index contributed by atoms with van der Waals surface area (Å²) in [6, 6.07) is 19.3. The molecule has 0 saturated carbocycles. The molecule has 0 fully saturated rings. The molecule has 0 aliphatic carbocycles. The van der Waals surface area contributed by atoms with Crippen LogP contribution in [-0.2, 0) is 27.5 Å². The van der Waals surface area contributed by atoms with Gasteiger partial charge in [-0.1, -0.05) is 72.8 Å². The number of ether oxygens (including phenoxy) is 2. The Hall–Kier alpha value is -3.22. The van der Waals surface area contributed by atoms with Gasteiger partial charge in [0, 0.05) is 19.3 Å². The fourth-order valence-electron chi connectivity index (χ4n) is 2.61. The third kappa shape index (κ3) is 10.4. The summed E-state index contributed by atoms with van der Waals surface area (Å²) >= 11 is 0. The standard InChI is InChI=1S/C25H30N2O4/c1-22(28)27(17-9-11-19-31-21-24-14-6-3-7-15-24)25(29)26-16-8-10-18-30-20-23-12-4-2-5-13-23/h2-9,12-17H,10-11,18-21H2,1H3,(H,26,29)/b16-8-,17-9-. The summed E-state index contributed by atoms with van der Waals surface area (Å²) in [4.78, 5) is 25.0. The lowest BCUT2D eigenvalue weighted by Crippen LogP contribution is -2.36. The first-order valence-corrected chi connectivity index (χ1v) is 10.3. The number of rotatable bonds is 12. The maximum Gasteiger partial charge on any atom is 0.332 e. The predicted octanol–water partition coefficient (Wildman–Crippen LogP) is 4.79. The molecule has 0 aliphatic rings. The van der Waals surface area contributed by atoms with E-state index in [0.717, 1.165) is 16.0 Å². The number of nitrogens with one attached hydrogen (secondary N) is 1. The second-order valence-corrected chi connectivity index (χ2v) is 6.78. The number of hydrogen-bond acceptors (Lipinski definition) is 4. The summed E-state index contributed by atoms with van der Waals surface area (Å²) in [7, 11) is 0. The van der Waals surface area contributed by atoms with E-state index in [1.807, 2.05) is 60.7 Å². The quantitative estimate of drug-likeness (QED) is 0.500. The van der Waals surface area contributed by atoms with Crippen molar-refractivity contribution >= 4 is 11.9 Å². The Bertz CT molecular complexity index is 835. The summed E-state index contributed by atoms with van der Waals surface area (Å²) in [5, 5.41) is 2.59. The number of nitrogens with zero attached hydrogens (tertiary/aromatic N) is 1. The molecule has 31 heavy (non-hydrogen) atoms. The minimum atomic E-state index is -0.504. The Balaban J connectivity index is 1.60. The lowest BCUT2D eigenvalue weighted by Gasteiger charge is -2.13. The van der Waals surface area contributed by atoms with Crippen LogP contribution >= 0.6 is 0 Å². The minimum Gasteiger partial charge on any atom is -0.376 e. The van der Waals surface area contributed by atoms with Gasteiger partial charge in [0.15, 0.2) is 0 Å². The fourth-order valence-corrected chi connectivity index (χ4v) is 2.61. The van der Waals surface area contributed by atoms with Gasteiger partial charge in [0.25, 0.3) is 0 Å². The van der Waals surface area contributed by atoms with E-state index in [9.17, 15) is 9.59 Å². The summed E-state index contributed by atoms with van der Waals surface area (Å²) in [6.07, 6.45) is 7.79. The van der Waals surface area contributed by atoms with Crippen LogP contribution in [0.2, 0.25) is 0 Å². The molecular formula is C25H30N2O4. The van der Waals surface area contributed by atoms with Gasteiger partial charge in [-0.2, -0.15) is 0 Å². The lowest BCUT2D eigenvalue weighted by molar-refractivity contribution is -0.123. The Kier molecular flexibility index (Phi) is 11.4. The van der Waals surface area contributed by atoms with Crippen molar-refractivity contribution in [1.29, 1.82) is 0 Å². The molecular weight excluding hydrogens is 392 g/mol. The van der Waals surface area contributed by atoms with Gasteiger partial charge < -0.3 is 14.8 Å². The zero-order valence-electron chi connectivity index (χ0n) is 17.9. The van der Waals surface area contributed by atoms with E-state index in [1.54, 1.807) is 12.2 Å². The molecule has 0 aromatic heterocycles. The number of carbonyl (C=O) groups excluding carboxylic acids is 2. The van der Waals surface area contributed by atoms with E-state index in [1.165, 1.54) is 19.3 Å². The Morgan fingerprint density at radius 2 is 1.35 bits per heavy atom. The molecule has 6 heteroatoms. The van der Waals surface area contributed by atoms with Crippen molar-refractivity contribution in [2.24, 2.45) is 0 Å². The molecule has 2 aromatic rings. The van der Waals surface area contributed by atoms with Crippen molar-refractivity contribution in [3.05, 3.63) is 96.3 Å². The van der Waals surface area contributed by atoms with E-state index in [-0.39, 0.29) is 5.91 Å². The maximum absolute atomic E-state index is 12.2. The first-order chi connectivity index (χ1) is 15.2. The average Bonchev–Trinajstić information content (AvgIpc) is 2.79. The van der Waals surface area contributed by atoms with Gasteiger partial charge in [0.2, 0.25) is 5.91 Å². The Morgan fingerprint density at radius 3 is 1.87 bits per heavy atom. The van der Waals surface area contributed by atoms with Gasteiger partial charge in [0.1, 0.15) is 0 Å². The van der Waals surface area contributed by atoms with E-state index in [4.69, 9.17) is 9.47 Å². The molecule has 0 heterocycles. The molecule has 0 bridgehead atoms. The van der Waals surface area contributed by atoms with E-state index in [2.05, 4.69) is 5.32 Å². The van der Waals surface area contributed by atoms with Crippen molar-refractivity contribution in [3.8, 4) is 0 Å².